The van der Waals surface area contributed by atoms with Gasteiger partial charge in [0.2, 0.25) is 0 Å². The van der Waals surface area contributed by atoms with Crippen molar-refractivity contribution in [1.29, 1.82) is 0 Å². The predicted octanol–water partition coefficient (Wildman–Crippen LogP) is 8.66. The lowest BCUT2D eigenvalue weighted by Crippen LogP contribution is -2.20. The Kier molecular flexibility index (Phi) is 4.03. The molecule has 2 saturated carbocycles. The summed E-state index contributed by atoms with van der Waals surface area (Å²) in [6.07, 6.45) is 13.7. The van der Waals surface area contributed by atoms with E-state index in [4.69, 9.17) is 0 Å². The maximum Gasteiger partial charge on any atom is 0.0366 e. The molecule has 1 saturated heterocycles. The van der Waals surface area contributed by atoms with Crippen molar-refractivity contribution in [2.24, 2.45) is 0 Å². The zero-order valence-corrected chi connectivity index (χ0v) is 19.8. The Morgan fingerprint density at radius 3 is 1.45 bits per heavy atom. The minimum absolute atomic E-state index is 0.674. The third-order valence-electron chi connectivity index (χ3n) is 8.76. The van der Waals surface area contributed by atoms with Crippen LogP contribution in [0.2, 0.25) is 0 Å². The van der Waals surface area contributed by atoms with Gasteiger partial charge in [-0.15, -0.1) is 0 Å². The van der Waals surface area contributed by atoms with Crippen LogP contribution in [0.4, 0.5) is 0 Å². The SMILES string of the molecule is CC1=Cc2c(C3CC3)cccc2C1S1(C2C(C)=Cc3c(C4CC4)cccc32)CCCC1. The highest BCUT2D eigenvalue weighted by molar-refractivity contribution is 8.34. The van der Waals surface area contributed by atoms with Gasteiger partial charge in [-0.2, -0.15) is 0 Å². The molecular formula is C30H34S. The van der Waals surface area contributed by atoms with Crippen LogP contribution >= 0.6 is 10.0 Å². The van der Waals surface area contributed by atoms with E-state index in [9.17, 15) is 0 Å². The quantitative estimate of drug-likeness (QED) is 0.459. The normalized spacial score (nSPS) is 29.4. The van der Waals surface area contributed by atoms with E-state index in [1.165, 1.54) is 50.0 Å². The second-order valence-electron chi connectivity index (χ2n) is 10.9. The second kappa shape index (κ2) is 6.64. The fourth-order valence-electron chi connectivity index (χ4n) is 7.29. The Morgan fingerprint density at radius 1 is 0.613 bits per heavy atom. The molecule has 0 bridgehead atoms. The smallest absolute Gasteiger partial charge is 0.0366 e. The Labute approximate surface area is 189 Å². The van der Waals surface area contributed by atoms with Crippen molar-refractivity contribution in [1.82, 2.24) is 0 Å². The molecule has 31 heavy (non-hydrogen) atoms. The van der Waals surface area contributed by atoms with Gasteiger partial charge in [0, 0.05) is 10.5 Å². The lowest BCUT2D eigenvalue weighted by atomic mass is 10.00. The third kappa shape index (κ3) is 2.68. The minimum Gasteiger partial charge on any atom is -0.220 e. The Bertz CT molecular complexity index is 1050. The maximum atomic E-state index is 2.61. The Balaban J connectivity index is 1.39. The summed E-state index contributed by atoms with van der Waals surface area (Å²) in [5, 5.41) is 1.35. The summed E-state index contributed by atoms with van der Waals surface area (Å²) < 4.78 is 0. The first-order valence-electron chi connectivity index (χ1n) is 12.6. The van der Waals surface area contributed by atoms with Crippen molar-refractivity contribution >= 4 is 22.2 Å². The molecule has 2 unspecified atom stereocenters. The summed E-state index contributed by atoms with van der Waals surface area (Å²) >= 11 is 0. The van der Waals surface area contributed by atoms with E-state index in [1.54, 1.807) is 44.5 Å². The predicted molar refractivity (Wildman–Crippen MR) is 136 cm³/mol. The lowest BCUT2D eigenvalue weighted by Gasteiger charge is -2.49. The molecule has 0 aromatic heterocycles. The lowest BCUT2D eigenvalue weighted by molar-refractivity contribution is 0.949. The molecule has 0 N–H and O–H groups in total. The van der Waals surface area contributed by atoms with E-state index in [0.29, 0.717) is 10.5 Å². The van der Waals surface area contributed by atoms with Crippen LogP contribution in [0, 0.1) is 0 Å². The molecule has 0 spiro atoms. The Morgan fingerprint density at radius 2 is 1.03 bits per heavy atom. The van der Waals surface area contributed by atoms with E-state index in [1.807, 2.05) is 0 Å². The average molecular weight is 427 g/mol. The molecule has 0 nitrogen and oxygen atoms in total. The molecule has 3 fully saturated rings. The van der Waals surface area contributed by atoms with Gasteiger partial charge in [0.1, 0.15) is 0 Å². The summed E-state index contributed by atoms with van der Waals surface area (Å²) in [6.45, 7) is 4.92. The van der Waals surface area contributed by atoms with Gasteiger partial charge in [-0.25, -0.2) is 10.0 Å². The summed E-state index contributed by atoms with van der Waals surface area (Å²) in [7, 11) is -0.824. The van der Waals surface area contributed by atoms with Gasteiger partial charge in [0.15, 0.2) is 0 Å². The average Bonchev–Trinajstić information content (AvgIpc) is 3.67. The largest absolute Gasteiger partial charge is 0.220 e. The topological polar surface area (TPSA) is 0 Å². The van der Waals surface area contributed by atoms with E-state index in [-0.39, 0.29) is 0 Å². The van der Waals surface area contributed by atoms with E-state index in [0.717, 1.165) is 11.8 Å². The molecule has 2 aromatic rings. The van der Waals surface area contributed by atoms with E-state index >= 15 is 0 Å². The molecule has 0 radical (unpaired) electrons. The summed E-state index contributed by atoms with van der Waals surface area (Å²) in [4.78, 5) is 0. The first-order chi connectivity index (χ1) is 15.2. The monoisotopic (exact) mass is 426 g/mol. The number of fused-ring (bicyclic) bond motifs is 2. The zero-order chi connectivity index (χ0) is 20.7. The summed E-state index contributed by atoms with van der Waals surface area (Å²) in [6, 6.07) is 14.6. The minimum atomic E-state index is -0.824. The van der Waals surface area contributed by atoms with Crippen LogP contribution in [-0.4, -0.2) is 11.5 Å². The number of hydrogen-bond acceptors (Lipinski definition) is 0. The van der Waals surface area contributed by atoms with E-state index in [2.05, 4.69) is 62.4 Å². The number of benzene rings is 2. The number of rotatable bonds is 4. The fourth-order valence-corrected chi connectivity index (χ4v) is 13.2. The van der Waals surface area contributed by atoms with Crippen LogP contribution in [0.1, 0.15) is 108 Å². The van der Waals surface area contributed by atoms with Gasteiger partial charge in [-0.3, -0.25) is 0 Å². The second-order valence-corrected chi connectivity index (χ2v) is 14.7. The summed E-state index contributed by atoms with van der Waals surface area (Å²) in [5.41, 5.74) is 13.3. The molecule has 0 amide bonds. The third-order valence-corrected chi connectivity index (χ3v) is 14.0. The van der Waals surface area contributed by atoms with Crippen molar-refractivity contribution in [3.63, 3.8) is 0 Å². The van der Waals surface area contributed by atoms with Gasteiger partial charge in [-0.05, 0) is 109 Å². The van der Waals surface area contributed by atoms with Gasteiger partial charge < -0.3 is 0 Å². The molecule has 160 valence electrons. The Hall–Kier alpha value is -1.73. The van der Waals surface area contributed by atoms with Gasteiger partial charge in [-0.1, -0.05) is 59.7 Å². The van der Waals surface area contributed by atoms with Crippen LogP contribution in [0.15, 0.2) is 47.5 Å². The molecule has 7 rings (SSSR count). The molecule has 5 aliphatic rings. The first-order valence-corrected chi connectivity index (χ1v) is 14.7. The van der Waals surface area contributed by atoms with Crippen molar-refractivity contribution in [3.05, 3.63) is 80.9 Å². The molecule has 1 heterocycles. The standard InChI is InChI=1S/C30H34S/c1-19-17-27-23(21-11-12-21)7-5-9-25(27)29(19)31(15-3-4-16-31)30-20(2)18-28-24(22-13-14-22)8-6-10-26(28)30/h5-10,17-18,21-22,29-30H,3-4,11-16H2,1-2H3. The van der Waals surface area contributed by atoms with Crippen molar-refractivity contribution in [3.8, 4) is 0 Å². The van der Waals surface area contributed by atoms with Crippen LogP contribution in [0.5, 0.6) is 0 Å². The van der Waals surface area contributed by atoms with Crippen LogP contribution in [0.25, 0.3) is 12.2 Å². The van der Waals surface area contributed by atoms with Crippen molar-refractivity contribution < 1.29 is 0 Å². The van der Waals surface area contributed by atoms with Gasteiger partial charge in [0.25, 0.3) is 0 Å². The highest BCUT2D eigenvalue weighted by Gasteiger charge is 2.49. The van der Waals surface area contributed by atoms with Crippen molar-refractivity contribution in [2.45, 2.75) is 74.7 Å². The van der Waals surface area contributed by atoms with Crippen LogP contribution in [0.3, 0.4) is 0 Å². The van der Waals surface area contributed by atoms with Crippen molar-refractivity contribution in [2.75, 3.05) is 11.5 Å². The molecule has 1 aliphatic heterocycles. The molecule has 2 atom stereocenters. The highest BCUT2D eigenvalue weighted by Crippen LogP contribution is 2.78. The molecule has 2 aromatic carbocycles. The van der Waals surface area contributed by atoms with Crippen LogP contribution < -0.4 is 0 Å². The highest BCUT2D eigenvalue weighted by atomic mass is 32.3. The fraction of sp³-hybridized carbons (Fsp3) is 0.467. The summed E-state index contributed by atoms with van der Waals surface area (Å²) in [5.74, 6) is 4.59. The van der Waals surface area contributed by atoms with E-state index < -0.39 is 10.0 Å². The van der Waals surface area contributed by atoms with Crippen LogP contribution in [-0.2, 0) is 0 Å². The van der Waals surface area contributed by atoms with Gasteiger partial charge >= 0.3 is 0 Å². The number of hydrogen-bond donors (Lipinski definition) is 0. The molecular weight excluding hydrogens is 392 g/mol. The zero-order valence-electron chi connectivity index (χ0n) is 19.0. The first kappa shape index (κ1) is 18.8. The molecule has 1 heteroatoms. The molecule has 4 aliphatic carbocycles. The maximum absolute atomic E-state index is 2.61. The van der Waals surface area contributed by atoms with Gasteiger partial charge in [0.05, 0.1) is 0 Å².